The van der Waals surface area contributed by atoms with Gasteiger partial charge in [-0.05, 0) is 0 Å². The molecule has 0 amide bonds. The Morgan fingerprint density at radius 2 is 1.80 bits per heavy atom. The molecule has 0 atom stereocenters. The second-order valence-corrected chi connectivity index (χ2v) is 1.44. The molecule has 0 saturated heterocycles. The molecule has 10 heavy (non-hydrogen) atoms. The summed E-state index contributed by atoms with van der Waals surface area (Å²) in [5.41, 5.74) is 0. The monoisotopic (exact) mass is 317 g/mol. The molecule has 1 aromatic carbocycles. The zero-order valence-electron chi connectivity index (χ0n) is 6.03. The van der Waals surface area contributed by atoms with Crippen molar-refractivity contribution in [3.05, 3.63) is 37.8 Å². The predicted octanol–water partition coefficient (Wildman–Crippen LogP) is 1.94. The van der Waals surface area contributed by atoms with Gasteiger partial charge in [0.15, 0.2) is 0 Å². The predicted molar refractivity (Wildman–Crippen MR) is 38.2 cm³/mol. The van der Waals surface area contributed by atoms with Gasteiger partial charge in [0.25, 0.3) is 0 Å². The molecule has 0 saturated carbocycles. The van der Waals surface area contributed by atoms with Gasteiger partial charge in [-0.15, -0.1) is 12.1 Å². The number of ether oxygens (including phenoxy) is 1. The molecule has 0 aliphatic rings. The maximum absolute atomic E-state index is 4.89. The van der Waals surface area contributed by atoms with Crippen LogP contribution in [0.4, 0.5) is 0 Å². The van der Waals surface area contributed by atoms with E-state index in [2.05, 4.69) is 6.07 Å². The van der Waals surface area contributed by atoms with Crippen LogP contribution in [-0.2, 0) is 21.1 Å². The van der Waals surface area contributed by atoms with E-state index in [9.17, 15) is 0 Å². The molecule has 0 unspecified atom stereocenters. The Hall–Kier alpha value is -0.292. The summed E-state index contributed by atoms with van der Waals surface area (Å²) in [5, 5.41) is 0. The maximum Gasteiger partial charge on any atom is 2.00 e. The first kappa shape index (κ1) is 12.4. The maximum atomic E-state index is 4.89. The molecule has 0 aliphatic heterocycles. The minimum absolute atomic E-state index is 0. The average molecular weight is 317 g/mol. The van der Waals surface area contributed by atoms with Gasteiger partial charge >= 0.3 is 21.1 Å². The van der Waals surface area contributed by atoms with Gasteiger partial charge in [0, 0.05) is 5.75 Å². The Kier molecular flexibility index (Phi) is 8.45. The Morgan fingerprint density at radius 3 is 2.10 bits per heavy atom. The van der Waals surface area contributed by atoms with Crippen molar-refractivity contribution in [2.24, 2.45) is 0 Å². The quantitative estimate of drug-likeness (QED) is 0.720. The minimum atomic E-state index is 0. The molecule has 58 valence electrons. The molecular weight excluding hydrogens is 307 g/mol. The normalized spacial score (nSPS) is 6.90. The van der Waals surface area contributed by atoms with Crippen molar-refractivity contribution in [3.8, 4) is 5.75 Å². The van der Waals surface area contributed by atoms with Gasteiger partial charge in [-0.3, -0.25) is 0 Å². The molecule has 0 bridgehead atoms. The van der Waals surface area contributed by atoms with E-state index in [-0.39, 0.29) is 28.5 Å². The van der Waals surface area contributed by atoms with Crippen LogP contribution in [0.25, 0.3) is 0 Å². The van der Waals surface area contributed by atoms with Crippen molar-refractivity contribution in [2.45, 2.75) is 0 Å². The molecule has 0 aliphatic carbocycles. The van der Waals surface area contributed by atoms with Crippen LogP contribution in [0.1, 0.15) is 0 Å². The van der Waals surface area contributed by atoms with Crippen LogP contribution in [0.3, 0.4) is 0 Å². The van der Waals surface area contributed by atoms with Crippen LogP contribution < -0.4 is 4.74 Å². The molecule has 2 heteroatoms. The zero-order valence-corrected chi connectivity index (χ0v) is 8.31. The van der Waals surface area contributed by atoms with E-state index in [1.54, 1.807) is 7.11 Å². The summed E-state index contributed by atoms with van der Waals surface area (Å²) >= 11 is 0. The smallest absolute Gasteiger partial charge is 0.522 e. The molecule has 0 heterocycles. The summed E-state index contributed by atoms with van der Waals surface area (Å²) < 4.78 is 4.89. The molecule has 0 N–H and O–H groups in total. The van der Waals surface area contributed by atoms with Crippen LogP contribution in [0.5, 0.6) is 5.75 Å². The first-order valence-electron chi connectivity index (χ1n) is 2.43. The number of methoxy groups -OCH3 is 1. The summed E-state index contributed by atoms with van der Waals surface area (Å²) in [4.78, 5) is 0. The Bertz CT molecular complexity index is 151. The van der Waals surface area contributed by atoms with Gasteiger partial charge in [0.05, 0.1) is 7.11 Å². The first-order valence-corrected chi connectivity index (χ1v) is 2.43. The van der Waals surface area contributed by atoms with Crippen molar-refractivity contribution in [1.29, 1.82) is 0 Å². The second kappa shape index (κ2) is 6.82. The second-order valence-electron chi connectivity index (χ2n) is 1.44. The first-order chi connectivity index (χ1) is 3.93. The van der Waals surface area contributed by atoms with Gasteiger partial charge in [0.2, 0.25) is 0 Å². The molecule has 0 fully saturated rings. The number of benzene rings is 1. The van der Waals surface area contributed by atoms with E-state index in [4.69, 9.17) is 4.74 Å². The van der Waals surface area contributed by atoms with Gasteiger partial charge in [-0.1, -0.05) is 0 Å². The molecular formula is C8H10OPt. The Labute approximate surface area is 76.7 Å². The third kappa shape index (κ3) is 3.68. The van der Waals surface area contributed by atoms with Gasteiger partial charge in [-0.2, -0.15) is 18.2 Å². The molecule has 1 nitrogen and oxygen atoms in total. The fraction of sp³-hybridized carbons (Fsp3) is 0.125. The van der Waals surface area contributed by atoms with Crippen LogP contribution in [0.15, 0.2) is 24.3 Å². The van der Waals surface area contributed by atoms with E-state index in [1.165, 1.54) is 0 Å². The van der Waals surface area contributed by atoms with Crippen LogP contribution in [0, 0.1) is 13.5 Å². The van der Waals surface area contributed by atoms with Crippen LogP contribution in [-0.4, -0.2) is 7.11 Å². The molecule has 1 rings (SSSR count). The van der Waals surface area contributed by atoms with Crippen molar-refractivity contribution >= 4 is 0 Å². The van der Waals surface area contributed by atoms with Crippen molar-refractivity contribution < 1.29 is 25.8 Å². The summed E-state index contributed by atoms with van der Waals surface area (Å²) in [5.74, 6) is 0.878. The number of rotatable bonds is 1. The van der Waals surface area contributed by atoms with E-state index in [0.29, 0.717) is 0 Å². The molecule has 0 spiro atoms. The average Bonchev–Trinajstić information content (AvgIpc) is 1.90. The van der Waals surface area contributed by atoms with Crippen molar-refractivity contribution in [2.75, 3.05) is 7.11 Å². The SMILES string of the molecule is COc1cc[c-]cc1.[CH3-].[Pt+2]. The largest absolute Gasteiger partial charge is 2.00 e. The van der Waals surface area contributed by atoms with Gasteiger partial charge in [-0.25, -0.2) is 0 Å². The molecule has 0 radical (unpaired) electrons. The van der Waals surface area contributed by atoms with E-state index < -0.39 is 0 Å². The standard InChI is InChI=1S/C7H7O.CH3.Pt/c1-8-7-5-3-2-4-6-7;;/h3-6H,1H3;1H3;/q2*-1;+2. The van der Waals surface area contributed by atoms with Crippen LogP contribution >= 0.6 is 0 Å². The van der Waals surface area contributed by atoms with Gasteiger partial charge < -0.3 is 12.2 Å². The Morgan fingerprint density at radius 1 is 1.30 bits per heavy atom. The van der Waals surface area contributed by atoms with E-state index in [1.807, 2.05) is 24.3 Å². The fourth-order valence-corrected chi connectivity index (χ4v) is 0.508. The third-order valence-electron chi connectivity index (χ3n) is 0.923. The number of hydrogen-bond donors (Lipinski definition) is 0. The van der Waals surface area contributed by atoms with E-state index >= 15 is 0 Å². The summed E-state index contributed by atoms with van der Waals surface area (Å²) in [6.45, 7) is 0. The zero-order chi connectivity index (χ0) is 5.82. The van der Waals surface area contributed by atoms with Crippen LogP contribution in [0.2, 0.25) is 0 Å². The topological polar surface area (TPSA) is 9.23 Å². The van der Waals surface area contributed by atoms with Crippen molar-refractivity contribution in [1.82, 2.24) is 0 Å². The molecule has 0 aromatic heterocycles. The summed E-state index contributed by atoms with van der Waals surface area (Å²) in [6, 6.07) is 10.2. The van der Waals surface area contributed by atoms with Gasteiger partial charge in [0.1, 0.15) is 0 Å². The fourth-order valence-electron chi connectivity index (χ4n) is 0.508. The van der Waals surface area contributed by atoms with E-state index in [0.717, 1.165) is 5.75 Å². The summed E-state index contributed by atoms with van der Waals surface area (Å²) in [7, 11) is 1.65. The summed E-state index contributed by atoms with van der Waals surface area (Å²) in [6.07, 6.45) is 0. The molecule has 1 aromatic rings. The minimum Gasteiger partial charge on any atom is -0.522 e. The Balaban J connectivity index is 0. The van der Waals surface area contributed by atoms with Crippen molar-refractivity contribution in [3.63, 3.8) is 0 Å². The third-order valence-corrected chi connectivity index (χ3v) is 0.923. The number of hydrogen-bond acceptors (Lipinski definition) is 1.